The van der Waals surface area contributed by atoms with Gasteiger partial charge in [0.15, 0.2) is 0 Å². The molecule has 0 radical (unpaired) electrons. The van der Waals surface area contributed by atoms with Crippen LogP contribution in [0.2, 0.25) is 0 Å². The molecule has 4 aromatic heterocycles. The van der Waals surface area contributed by atoms with E-state index in [2.05, 4.69) is 161 Å². The van der Waals surface area contributed by atoms with Crippen LogP contribution in [0.4, 0.5) is 0 Å². The molecule has 0 aliphatic carbocycles. The van der Waals surface area contributed by atoms with Gasteiger partial charge in [-0.3, -0.25) is 4.57 Å². The number of benzene rings is 7. The zero-order chi connectivity index (χ0) is 33.5. The quantitative estimate of drug-likeness (QED) is 0.190. The highest BCUT2D eigenvalue weighted by Gasteiger charge is 2.24. The lowest BCUT2D eigenvalue weighted by atomic mass is 10.1. The zero-order valence-electron chi connectivity index (χ0n) is 27.4. The van der Waals surface area contributed by atoms with Crippen molar-refractivity contribution < 1.29 is 4.42 Å². The van der Waals surface area contributed by atoms with Crippen LogP contribution in [0, 0.1) is 0 Å². The molecule has 5 heteroatoms. The Balaban J connectivity index is 1.32. The molecule has 11 aromatic rings. The van der Waals surface area contributed by atoms with Crippen LogP contribution in [0.1, 0.15) is 0 Å². The monoisotopic (exact) mass is 652 g/mol. The third-order valence-electron chi connectivity index (χ3n) is 10.1. The number of fused-ring (bicyclic) bond motifs is 11. The Morgan fingerprint density at radius 1 is 0.392 bits per heavy atom. The molecule has 0 saturated heterocycles. The Hall–Kier alpha value is -6.98. The summed E-state index contributed by atoms with van der Waals surface area (Å²) in [5.74, 6) is 0.631. The lowest BCUT2D eigenvalue weighted by Gasteiger charge is -2.12. The largest absolute Gasteiger partial charge is 0.456 e. The summed E-state index contributed by atoms with van der Waals surface area (Å²) in [5.41, 5.74) is 11.1. The third kappa shape index (κ3) is 4.09. The van der Waals surface area contributed by atoms with E-state index in [1.807, 2.05) is 18.2 Å². The van der Waals surface area contributed by atoms with Gasteiger partial charge in [0.25, 0.3) is 0 Å². The Morgan fingerprint density at radius 3 is 1.67 bits per heavy atom. The first kappa shape index (κ1) is 27.9. The molecular weight excluding hydrogens is 625 g/mol. The summed E-state index contributed by atoms with van der Waals surface area (Å²) in [6.45, 7) is 0. The maximum atomic E-state index is 6.43. The van der Waals surface area contributed by atoms with E-state index in [4.69, 9.17) is 14.4 Å². The average Bonchev–Trinajstić information content (AvgIpc) is 3.86. The van der Waals surface area contributed by atoms with Crippen molar-refractivity contribution in [3.63, 3.8) is 0 Å². The maximum absolute atomic E-state index is 6.43. The van der Waals surface area contributed by atoms with Gasteiger partial charge in [0.1, 0.15) is 11.2 Å². The number of para-hydroxylation sites is 3. The molecule has 4 heterocycles. The van der Waals surface area contributed by atoms with Gasteiger partial charge in [-0.1, -0.05) is 121 Å². The molecule has 0 unspecified atom stereocenters. The molecule has 0 bridgehead atoms. The minimum Gasteiger partial charge on any atom is -0.456 e. The third-order valence-corrected chi connectivity index (χ3v) is 10.1. The van der Waals surface area contributed by atoms with Crippen LogP contribution >= 0.6 is 0 Å². The first-order chi connectivity index (χ1) is 25.3. The highest BCUT2D eigenvalue weighted by molar-refractivity contribution is 6.30. The number of rotatable bonds is 4. The molecule has 0 atom stereocenters. The predicted octanol–water partition coefficient (Wildman–Crippen LogP) is 11.9. The zero-order valence-corrected chi connectivity index (χ0v) is 27.4. The van der Waals surface area contributed by atoms with Crippen LogP contribution in [-0.2, 0) is 0 Å². The fourth-order valence-corrected chi connectivity index (χ4v) is 7.95. The van der Waals surface area contributed by atoms with Crippen LogP contribution in [0.25, 0.3) is 99.7 Å². The standard InChI is InChI=1S/C46H28N4O/c1-4-14-29(15-5-1)36-28-37(30-16-6-2-7-17-30)48-46(47-36)50-38-22-12-10-20-34(38)42-39(50)26-24-32-33-25-27-41-43(35-21-11-13-23-40(35)51-41)45(33)49(44(32)42)31-18-8-3-9-19-31/h1-28H. The van der Waals surface area contributed by atoms with Gasteiger partial charge in [-0.15, -0.1) is 0 Å². The highest BCUT2D eigenvalue weighted by Crippen LogP contribution is 2.45. The summed E-state index contributed by atoms with van der Waals surface area (Å²) in [6.07, 6.45) is 0. The molecule has 0 amide bonds. The van der Waals surface area contributed by atoms with E-state index in [0.717, 1.165) is 83.0 Å². The van der Waals surface area contributed by atoms with Gasteiger partial charge in [0.05, 0.1) is 38.8 Å². The van der Waals surface area contributed by atoms with Gasteiger partial charge in [-0.05, 0) is 48.5 Å². The Bertz CT molecular complexity index is 3060. The maximum Gasteiger partial charge on any atom is 0.235 e. The molecule has 0 spiro atoms. The Kier molecular flexibility index (Phi) is 5.89. The fraction of sp³-hybridized carbons (Fsp3) is 0. The van der Waals surface area contributed by atoms with Crippen molar-refractivity contribution >= 4 is 65.6 Å². The second-order valence-electron chi connectivity index (χ2n) is 13.0. The molecule has 0 N–H and O–H groups in total. The van der Waals surface area contributed by atoms with Crippen molar-refractivity contribution in [2.45, 2.75) is 0 Å². The first-order valence-corrected chi connectivity index (χ1v) is 17.2. The minimum absolute atomic E-state index is 0.631. The molecular formula is C46H28N4O. The molecule has 7 aromatic carbocycles. The van der Waals surface area contributed by atoms with Gasteiger partial charge in [-0.25, -0.2) is 9.97 Å². The molecule has 11 rings (SSSR count). The van der Waals surface area contributed by atoms with E-state index in [1.54, 1.807) is 0 Å². The number of hydrogen-bond acceptors (Lipinski definition) is 3. The van der Waals surface area contributed by atoms with Crippen LogP contribution in [0.5, 0.6) is 0 Å². The van der Waals surface area contributed by atoms with Crippen molar-refractivity contribution in [2.24, 2.45) is 0 Å². The SMILES string of the molecule is c1ccc(-c2cc(-c3ccccc3)nc(-n3c4ccccc4c4c3ccc3c5ccc6oc7ccccc7c6c5n(-c5ccccc5)c34)n2)cc1. The first-order valence-electron chi connectivity index (χ1n) is 17.2. The summed E-state index contributed by atoms with van der Waals surface area (Å²) in [4.78, 5) is 10.6. The van der Waals surface area contributed by atoms with Crippen molar-refractivity contribution in [3.05, 3.63) is 170 Å². The second-order valence-corrected chi connectivity index (χ2v) is 13.0. The van der Waals surface area contributed by atoms with Crippen molar-refractivity contribution in [1.29, 1.82) is 0 Å². The van der Waals surface area contributed by atoms with E-state index >= 15 is 0 Å². The summed E-state index contributed by atoms with van der Waals surface area (Å²) in [6, 6.07) is 59.3. The smallest absolute Gasteiger partial charge is 0.235 e. The van der Waals surface area contributed by atoms with E-state index in [1.165, 1.54) is 10.8 Å². The molecule has 0 saturated carbocycles. The van der Waals surface area contributed by atoms with Crippen molar-refractivity contribution in [1.82, 2.24) is 19.1 Å². The number of hydrogen-bond donors (Lipinski definition) is 0. The number of aromatic nitrogens is 4. The summed E-state index contributed by atoms with van der Waals surface area (Å²) in [5, 5.41) is 6.88. The molecule has 0 fully saturated rings. The topological polar surface area (TPSA) is 48.8 Å². The Labute approximate surface area is 292 Å². The van der Waals surface area contributed by atoms with Crippen molar-refractivity contribution in [2.75, 3.05) is 0 Å². The Morgan fingerprint density at radius 2 is 0.961 bits per heavy atom. The molecule has 51 heavy (non-hydrogen) atoms. The van der Waals surface area contributed by atoms with Gasteiger partial charge in [0, 0.05) is 43.7 Å². The van der Waals surface area contributed by atoms with E-state index in [-0.39, 0.29) is 0 Å². The highest BCUT2D eigenvalue weighted by atomic mass is 16.3. The normalized spacial score (nSPS) is 11.9. The van der Waals surface area contributed by atoms with Crippen LogP contribution in [-0.4, -0.2) is 19.1 Å². The van der Waals surface area contributed by atoms with Crippen LogP contribution < -0.4 is 0 Å². The number of furan rings is 1. The van der Waals surface area contributed by atoms with Gasteiger partial charge in [0.2, 0.25) is 5.95 Å². The van der Waals surface area contributed by atoms with Crippen molar-refractivity contribution in [3.8, 4) is 34.2 Å². The average molecular weight is 653 g/mol. The lowest BCUT2D eigenvalue weighted by molar-refractivity contribution is 0.669. The molecule has 0 aliphatic heterocycles. The van der Waals surface area contributed by atoms with Gasteiger partial charge >= 0.3 is 0 Å². The van der Waals surface area contributed by atoms with E-state index < -0.39 is 0 Å². The molecule has 238 valence electrons. The molecule has 0 aliphatic rings. The molecule has 5 nitrogen and oxygen atoms in total. The number of nitrogens with zero attached hydrogens (tertiary/aromatic N) is 4. The van der Waals surface area contributed by atoms with E-state index in [0.29, 0.717) is 5.95 Å². The van der Waals surface area contributed by atoms with E-state index in [9.17, 15) is 0 Å². The minimum atomic E-state index is 0.631. The predicted molar refractivity (Wildman–Crippen MR) is 209 cm³/mol. The second kappa shape index (κ2) is 10.8. The summed E-state index contributed by atoms with van der Waals surface area (Å²) < 4.78 is 11.1. The summed E-state index contributed by atoms with van der Waals surface area (Å²) >= 11 is 0. The van der Waals surface area contributed by atoms with Gasteiger partial charge < -0.3 is 8.98 Å². The lowest BCUT2D eigenvalue weighted by Crippen LogP contribution is -2.04. The van der Waals surface area contributed by atoms with Gasteiger partial charge in [-0.2, -0.15) is 0 Å². The van der Waals surface area contributed by atoms with Crippen LogP contribution in [0.15, 0.2) is 174 Å². The summed E-state index contributed by atoms with van der Waals surface area (Å²) in [7, 11) is 0. The van der Waals surface area contributed by atoms with Crippen LogP contribution in [0.3, 0.4) is 0 Å². The fourth-order valence-electron chi connectivity index (χ4n) is 7.95.